The minimum Gasteiger partial charge on any atom is -0.496 e. The third-order valence-corrected chi connectivity index (χ3v) is 3.61. The van der Waals surface area contributed by atoms with Gasteiger partial charge in [-0.25, -0.2) is 0 Å². The molecular weight excluding hydrogens is 250 g/mol. The zero-order valence-corrected chi connectivity index (χ0v) is 12.9. The summed E-state index contributed by atoms with van der Waals surface area (Å²) < 4.78 is 11.2. The van der Waals surface area contributed by atoms with E-state index < -0.39 is 0 Å². The minimum atomic E-state index is 0.632. The summed E-state index contributed by atoms with van der Waals surface area (Å²) in [5.74, 6) is 1.61. The Balaban J connectivity index is 1.87. The van der Waals surface area contributed by atoms with Crippen LogP contribution in [0, 0.1) is 5.92 Å². The number of hydrogen-bond donors (Lipinski definition) is 1. The van der Waals surface area contributed by atoms with Crippen LogP contribution in [0.25, 0.3) is 0 Å². The summed E-state index contributed by atoms with van der Waals surface area (Å²) in [4.78, 5) is 0. The third kappa shape index (κ3) is 5.14. The maximum absolute atomic E-state index is 5.77. The average molecular weight is 277 g/mol. The van der Waals surface area contributed by atoms with Crippen molar-refractivity contribution in [3.05, 3.63) is 29.3 Å². The first kappa shape index (κ1) is 15.3. The fraction of sp³-hybridized carbons (Fsp3) is 0.647. The van der Waals surface area contributed by atoms with Gasteiger partial charge in [0.25, 0.3) is 0 Å². The largest absolute Gasteiger partial charge is 0.496 e. The van der Waals surface area contributed by atoms with Gasteiger partial charge >= 0.3 is 0 Å². The molecule has 3 heteroatoms. The van der Waals surface area contributed by atoms with Crippen molar-refractivity contribution in [1.29, 1.82) is 0 Å². The first-order valence-electron chi connectivity index (χ1n) is 7.66. The van der Waals surface area contributed by atoms with Crippen molar-refractivity contribution in [1.82, 2.24) is 5.32 Å². The number of rotatable bonds is 9. The molecule has 0 spiro atoms. The Labute approximate surface area is 122 Å². The second kappa shape index (κ2) is 7.65. The van der Waals surface area contributed by atoms with Crippen molar-refractivity contribution >= 4 is 0 Å². The Bertz CT molecular complexity index is 413. The molecule has 0 radical (unpaired) electrons. The number of hydrogen-bond acceptors (Lipinski definition) is 3. The smallest absolute Gasteiger partial charge is 0.124 e. The first-order chi connectivity index (χ1) is 9.69. The summed E-state index contributed by atoms with van der Waals surface area (Å²) >= 11 is 0. The molecule has 1 aliphatic carbocycles. The molecule has 0 amide bonds. The highest BCUT2D eigenvalue weighted by Gasteiger charge is 2.20. The van der Waals surface area contributed by atoms with E-state index in [1.807, 2.05) is 6.07 Å². The zero-order valence-electron chi connectivity index (χ0n) is 12.9. The highest BCUT2D eigenvalue weighted by atomic mass is 16.5. The quantitative estimate of drug-likeness (QED) is 0.701. The lowest BCUT2D eigenvalue weighted by atomic mass is 10.1. The lowest BCUT2D eigenvalue weighted by Gasteiger charge is -2.12. The van der Waals surface area contributed by atoms with E-state index in [0.717, 1.165) is 36.9 Å². The SMILES string of the molecule is COc1ccc(CNC2CC2)cc1COCCC(C)C. The molecule has 0 saturated heterocycles. The second-order valence-corrected chi connectivity index (χ2v) is 6.04. The van der Waals surface area contributed by atoms with Gasteiger partial charge in [-0.05, 0) is 42.9 Å². The summed E-state index contributed by atoms with van der Waals surface area (Å²) in [6.45, 7) is 6.81. The van der Waals surface area contributed by atoms with Crippen molar-refractivity contribution in [3.8, 4) is 5.75 Å². The monoisotopic (exact) mass is 277 g/mol. The Morgan fingerprint density at radius 1 is 1.30 bits per heavy atom. The Morgan fingerprint density at radius 2 is 2.10 bits per heavy atom. The standard InChI is InChI=1S/C17H27NO2/c1-13(2)8-9-20-12-15-10-14(4-7-17(15)19-3)11-18-16-5-6-16/h4,7,10,13,16,18H,5-6,8-9,11-12H2,1-3H3. The van der Waals surface area contributed by atoms with Gasteiger partial charge in [0.2, 0.25) is 0 Å². The molecule has 20 heavy (non-hydrogen) atoms. The molecule has 1 saturated carbocycles. The van der Waals surface area contributed by atoms with Crippen molar-refractivity contribution in [2.45, 2.75) is 52.3 Å². The van der Waals surface area contributed by atoms with Crippen LogP contribution in [-0.2, 0) is 17.9 Å². The molecule has 112 valence electrons. The van der Waals surface area contributed by atoms with Gasteiger partial charge in [0.15, 0.2) is 0 Å². The second-order valence-electron chi connectivity index (χ2n) is 6.04. The fourth-order valence-electron chi connectivity index (χ4n) is 2.11. The summed E-state index contributed by atoms with van der Waals surface area (Å²) in [5, 5.41) is 3.54. The number of ether oxygens (including phenoxy) is 2. The molecule has 0 aromatic heterocycles. The van der Waals surface area contributed by atoms with E-state index in [1.54, 1.807) is 7.11 Å². The van der Waals surface area contributed by atoms with Gasteiger partial charge in [-0.15, -0.1) is 0 Å². The van der Waals surface area contributed by atoms with Crippen LogP contribution in [0.5, 0.6) is 5.75 Å². The van der Waals surface area contributed by atoms with Crippen molar-refractivity contribution in [2.24, 2.45) is 5.92 Å². The summed E-state index contributed by atoms with van der Waals surface area (Å²) in [7, 11) is 1.72. The molecule has 1 aromatic carbocycles. The Hall–Kier alpha value is -1.06. The third-order valence-electron chi connectivity index (χ3n) is 3.61. The average Bonchev–Trinajstić information content (AvgIpc) is 3.25. The van der Waals surface area contributed by atoms with E-state index in [1.165, 1.54) is 18.4 Å². The molecule has 0 atom stereocenters. The summed E-state index contributed by atoms with van der Waals surface area (Å²) in [5.41, 5.74) is 2.45. The molecule has 0 bridgehead atoms. The van der Waals surface area contributed by atoms with Crippen molar-refractivity contribution in [3.63, 3.8) is 0 Å². The van der Waals surface area contributed by atoms with Crippen molar-refractivity contribution < 1.29 is 9.47 Å². The molecule has 3 nitrogen and oxygen atoms in total. The van der Waals surface area contributed by atoms with Gasteiger partial charge in [-0.1, -0.05) is 19.9 Å². The molecule has 0 heterocycles. The topological polar surface area (TPSA) is 30.5 Å². The van der Waals surface area contributed by atoms with Crippen LogP contribution in [-0.4, -0.2) is 19.8 Å². The van der Waals surface area contributed by atoms with Crippen LogP contribution in [0.4, 0.5) is 0 Å². The van der Waals surface area contributed by atoms with Crippen LogP contribution in [0.2, 0.25) is 0 Å². The van der Waals surface area contributed by atoms with E-state index in [2.05, 4.69) is 31.3 Å². The van der Waals surface area contributed by atoms with Gasteiger partial charge in [-0.2, -0.15) is 0 Å². The summed E-state index contributed by atoms with van der Waals surface area (Å²) in [6, 6.07) is 7.11. The molecule has 1 aromatic rings. The van der Waals surface area contributed by atoms with Gasteiger partial charge in [0.1, 0.15) is 5.75 Å². The maximum atomic E-state index is 5.77. The molecule has 0 aliphatic heterocycles. The Kier molecular flexibility index (Phi) is 5.86. The van der Waals surface area contributed by atoms with Crippen LogP contribution in [0.15, 0.2) is 18.2 Å². The predicted molar refractivity (Wildman–Crippen MR) is 82.0 cm³/mol. The lowest BCUT2D eigenvalue weighted by molar-refractivity contribution is 0.109. The highest BCUT2D eigenvalue weighted by molar-refractivity contribution is 5.37. The van der Waals surface area contributed by atoms with Crippen molar-refractivity contribution in [2.75, 3.05) is 13.7 Å². The minimum absolute atomic E-state index is 0.632. The fourth-order valence-corrected chi connectivity index (χ4v) is 2.11. The molecule has 1 aliphatic rings. The predicted octanol–water partition coefficient (Wildman–Crippen LogP) is 3.51. The number of methoxy groups -OCH3 is 1. The van der Waals surface area contributed by atoms with Crippen LogP contribution in [0.1, 0.15) is 44.2 Å². The molecule has 2 rings (SSSR count). The van der Waals surface area contributed by atoms with E-state index in [9.17, 15) is 0 Å². The van der Waals surface area contributed by atoms with E-state index in [0.29, 0.717) is 12.5 Å². The lowest BCUT2D eigenvalue weighted by Crippen LogP contribution is -2.15. The Morgan fingerprint density at radius 3 is 2.75 bits per heavy atom. The highest BCUT2D eigenvalue weighted by Crippen LogP contribution is 2.23. The maximum Gasteiger partial charge on any atom is 0.124 e. The van der Waals surface area contributed by atoms with E-state index >= 15 is 0 Å². The van der Waals surface area contributed by atoms with Gasteiger partial charge in [0.05, 0.1) is 13.7 Å². The van der Waals surface area contributed by atoms with E-state index in [-0.39, 0.29) is 0 Å². The molecule has 1 N–H and O–H groups in total. The first-order valence-corrected chi connectivity index (χ1v) is 7.66. The zero-order chi connectivity index (χ0) is 14.4. The number of nitrogens with one attached hydrogen (secondary N) is 1. The van der Waals surface area contributed by atoms with Crippen LogP contribution >= 0.6 is 0 Å². The van der Waals surface area contributed by atoms with E-state index in [4.69, 9.17) is 9.47 Å². The van der Waals surface area contributed by atoms with Gasteiger partial charge in [0, 0.05) is 24.8 Å². The molecule has 0 unspecified atom stereocenters. The molecule has 1 fully saturated rings. The van der Waals surface area contributed by atoms with Gasteiger partial charge < -0.3 is 14.8 Å². The van der Waals surface area contributed by atoms with Crippen LogP contribution < -0.4 is 10.1 Å². The van der Waals surface area contributed by atoms with Gasteiger partial charge in [-0.3, -0.25) is 0 Å². The van der Waals surface area contributed by atoms with Crippen LogP contribution in [0.3, 0.4) is 0 Å². The number of benzene rings is 1. The normalized spacial score (nSPS) is 14.8. The molecular formula is C17H27NO2. The summed E-state index contributed by atoms with van der Waals surface area (Å²) in [6.07, 6.45) is 3.74.